The molecular formula is C6H6N2O2S. The monoisotopic (exact) mass is 170 g/mol. The van der Waals surface area contributed by atoms with Gasteiger partial charge in [0.1, 0.15) is 0 Å². The highest BCUT2D eigenvalue weighted by molar-refractivity contribution is 7.97. The number of rotatable bonds is 1. The number of thioether (sulfide) groups is 1. The average molecular weight is 170 g/mol. The molecule has 0 aliphatic carbocycles. The largest absolute Gasteiger partial charge is 0.476 e. The van der Waals surface area contributed by atoms with E-state index >= 15 is 0 Å². The molecule has 1 aromatic rings. The third kappa shape index (κ3) is 0.920. The van der Waals surface area contributed by atoms with Crippen molar-refractivity contribution in [2.24, 2.45) is 0 Å². The molecule has 0 aromatic carbocycles. The lowest BCUT2D eigenvalue weighted by molar-refractivity contribution is 0.0690. The van der Waals surface area contributed by atoms with Crippen LogP contribution in [0, 0.1) is 0 Å². The molecular weight excluding hydrogens is 164 g/mol. The van der Waals surface area contributed by atoms with Crippen molar-refractivity contribution in [3.8, 4) is 0 Å². The van der Waals surface area contributed by atoms with Crippen molar-refractivity contribution in [2.45, 2.75) is 11.6 Å². The molecule has 4 nitrogen and oxygen atoms in total. The van der Waals surface area contributed by atoms with Gasteiger partial charge in [0.2, 0.25) is 0 Å². The van der Waals surface area contributed by atoms with Crippen LogP contribution < -0.4 is 0 Å². The summed E-state index contributed by atoms with van der Waals surface area (Å²) < 4.78 is 1.87. The van der Waals surface area contributed by atoms with Crippen molar-refractivity contribution in [1.82, 2.24) is 9.55 Å². The Labute approximate surface area is 67.2 Å². The van der Waals surface area contributed by atoms with Gasteiger partial charge in [0.25, 0.3) is 0 Å². The highest BCUT2D eigenvalue weighted by Gasteiger charge is 2.20. The first kappa shape index (κ1) is 6.72. The van der Waals surface area contributed by atoms with Crippen LogP contribution in [0.4, 0.5) is 0 Å². The van der Waals surface area contributed by atoms with E-state index in [2.05, 4.69) is 4.98 Å². The first-order chi connectivity index (χ1) is 5.29. The summed E-state index contributed by atoms with van der Waals surface area (Å²) in [5.41, 5.74) is 1.04. The van der Waals surface area contributed by atoms with Gasteiger partial charge in [-0.3, -0.25) is 0 Å². The zero-order valence-corrected chi connectivity index (χ0v) is 6.47. The molecule has 11 heavy (non-hydrogen) atoms. The summed E-state index contributed by atoms with van der Waals surface area (Å²) in [5.74, 6) is 0.665. The Morgan fingerprint density at radius 2 is 2.64 bits per heavy atom. The average Bonchev–Trinajstić information content (AvgIpc) is 2.41. The molecule has 1 N–H and O–H groups in total. The van der Waals surface area contributed by atoms with E-state index in [1.54, 1.807) is 18.1 Å². The molecule has 0 amide bonds. The van der Waals surface area contributed by atoms with Gasteiger partial charge in [-0.05, 0) is 0 Å². The smallest absolute Gasteiger partial charge is 0.356 e. The lowest BCUT2D eigenvalue weighted by Gasteiger charge is -1.90. The zero-order valence-electron chi connectivity index (χ0n) is 5.65. The van der Waals surface area contributed by atoms with Gasteiger partial charge in [0.15, 0.2) is 5.69 Å². The first-order valence-electron chi connectivity index (χ1n) is 3.14. The summed E-state index contributed by atoms with van der Waals surface area (Å²) in [6.45, 7) is 0. The molecule has 0 radical (unpaired) electrons. The summed E-state index contributed by atoms with van der Waals surface area (Å²) in [4.78, 5) is 14.3. The van der Waals surface area contributed by atoms with Gasteiger partial charge in [-0.1, -0.05) is 0 Å². The van der Waals surface area contributed by atoms with Gasteiger partial charge in [-0.15, -0.1) is 11.8 Å². The standard InChI is InChI=1S/C6H6N2O2S/c9-6(10)5-4-1-11-3-8(4)2-7-5/h2H,1,3H2,(H,9,10). The maximum absolute atomic E-state index is 10.5. The van der Waals surface area contributed by atoms with E-state index in [-0.39, 0.29) is 5.69 Å². The Balaban J connectivity index is 2.50. The van der Waals surface area contributed by atoms with Crippen LogP contribution in [0.3, 0.4) is 0 Å². The number of imidazole rings is 1. The maximum Gasteiger partial charge on any atom is 0.356 e. The Morgan fingerprint density at radius 3 is 3.36 bits per heavy atom. The zero-order chi connectivity index (χ0) is 7.84. The molecule has 1 aliphatic heterocycles. The summed E-state index contributed by atoms with van der Waals surface area (Å²) in [6.07, 6.45) is 1.58. The Kier molecular flexibility index (Phi) is 1.38. The number of carbonyl (C=O) groups is 1. The predicted molar refractivity (Wildman–Crippen MR) is 40.5 cm³/mol. The van der Waals surface area contributed by atoms with Gasteiger partial charge >= 0.3 is 5.97 Å². The number of aromatic carboxylic acids is 1. The van der Waals surface area contributed by atoms with E-state index in [9.17, 15) is 4.79 Å². The van der Waals surface area contributed by atoms with Gasteiger partial charge in [0, 0.05) is 5.75 Å². The number of carboxylic acids is 1. The molecule has 2 rings (SSSR count). The Bertz CT molecular complexity index is 308. The highest BCUT2D eigenvalue weighted by Crippen LogP contribution is 2.25. The summed E-state index contributed by atoms with van der Waals surface area (Å²) >= 11 is 1.70. The van der Waals surface area contributed by atoms with Crippen molar-refractivity contribution < 1.29 is 9.90 Å². The predicted octanol–water partition coefficient (Wildman–Crippen LogP) is 0.786. The van der Waals surface area contributed by atoms with Crippen LogP contribution in [0.1, 0.15) is 16.2 Å². The third-order valence-electron chi connectivity index (χ3n) is 1.62. The fourth-order valence-corrected chi connectivity index (χ4v) is 2.10. The molecule has 1 aromatic heterocycles. The minimum atomic E-state index is -0.929. The Hall–Kier alpha value is -0.970. The maximum atomic E-state index is 10.5. The lowest BCUT2D eigenvalue weighted by atomic mass is 10.3. The van der Waals surface area contributed by atoms with Crippen LogP contribution in [-0.2, 0) is 11.6 Å². The van der Waals surface area contributed by atoms with Crippen LogP contribution in [0.25, 0.3) is 0 Å². The number of carboxylic acid groups (broad SMARTS) is 1. The number of fused-ring (bicyclic) bond motifs is 1. The molecule has 0 saturated carbocycles. The fourth-order valence-electron chi connectivity index (χ4n) is 1.09. The highest BCUT2D eigenvalue weighted by atomic mass is 32.2. The van der Waals surface area contributed by atoms with E-state index < -0.39 is 5.97 Å². The van der Waals surface area contributed by atoms with Crippen molar-refractivity contribution in [3.63, 3.8) is 0 Å². The quantitative estimate of drug-likeness (QED) is 0.676. The molecule has 1 aliphatic rings. The molecule has 0 unspecified atom stereocenters. The summed E-state index contributed by atoms with van der Waals surface area (Å²) in [7, 11) is 0. The normalized spacial score (nSPS) is 14.9. The molecule has 0 atom stereocenters. The molecule has 0 bridgehead atoms. The van der Waals surface area contributed by atoms with E-state index in [0.29, 0.717) is 0 Å². The van der Waals surface area contributed by atoms with E-state index in [0.717, 1.165) is 17.3 Å². The van der Waals surface area contributed by atoms with Gasteiger partial charge in [-0.25, -0.2) is 9.78 Å². The van der Waals surface area contributed by atoms with Gasteiger partial charge in [-0.2, -0.15) is 0 Å². The number of hydrogen-bond donors (Lipinski definition) is 1. The minimum Gasteiger partial charge on any atom is -0.476 e. The van der Waals surface area contributed by atoms with E-state index in [4.69, 9.17) is 5.11 Å². The molecule has 2 heterocycles. The molecule has 0 spiro atoms. The second-order valence-electron chi connectivity index (χ2n) is 2.29. The fraction of sp³-hybridized carbons (Fsp3) is 0.333. The minimum absolute atomic E-state index is 0.204. The first-order valence-corrected chi connectivity index (χ1v) is 4.29. The van der Waals surface area contributed by atoms with Crippen LogP contribution >= 0.6 is 11.8 Å². The number of aromatic nitrogens is 2. The van der Waals surface area contributed by atoms with Crippen LogP contribution in [-0.4, -0.2) is 20.6 Å². The van der Waals surface area contributed by atoms with E-state index in [1.807, 2.05) is 4.57 Å². The molecule has 0 saturated heterocycles. The molecule has 5 heteroatoms. The summed E-state index contributed by atoms with van der Waals surface area (Å²) in [6, 6.07) is 0. The van der Waals surface area contributed by atoms with Crippen molar-refractivity contribution in [2.75, 3.05) is 0 Å². The van der Waals surface area contributed by atoms with Crippen molar-refractivity contribution >= 4 is 17.7 Å². The number of hydrogen-bond acceptors (Lipinski definition) is 3. The van der Waals surface area contributed by atoms with Crippen molar-refractivity contribution in [3.05, 3.63) is 17.7 Å². The molecule has 58 valence electrons. The topological polar surface area (TPSA) is 55.1 Å². The van der Waals surface area contributed by atoms with Gasteiger partial charge < -0.3 is 9.67 Å². The van der Waals surface area contributed by atoms with E-state index in [1.165, 1.54) is 0 Å². The van der Waals surface area contributed by atoms with Crippen LogP contribution in [0.2, 0.25) is 0 Å². The SMILES string of the molecule is O=C(O)c1ncn2c1CSC2. The van der Waals surface area contributed by atoms with Crippen LogP contribution in [0.5, 0.6) is 0 Å². The van der Waals surface area contributed by atoms with Gasteiger partial charge in [0.05, 0.1) is 17.9 Å². The molecule has 0 fully saturated rings. The number of nitrogens with zero attached hydrogens (tertiary/aromatic N) is 2. The second-order valence-corrected chi connectivity index (χ2v) is 3.25. The second kappa shape index (κ2) is 2.27. The Morgan fingerprint density at radius 1 is 1.82 bits per heavy atom. The lowest BCUT2D eigenvalue weighted by Crippen LogP contribution is -2.00. The summed E-state index contributed by atoms with van der Waals surface area (Å²) in [5, 5.41) is 8.65. The third-order valence-corrected chi connectivity index (χ3v) is 2.56. The van der Waals surface area contributed by atoms with Crippen LogP contribution in [0.15, 0.2) is 6.33 Å². The van der Waals surface area contributed by atoms with Crippen molar-refractivity contribution in [1.29, 1.82) is 0 Å².